The van der Waals surface area contributed by atoms with Gasteiger partial charge in [-0.3, -0.25) is 4.79 Å². The number of ether oxygens (including phenoxy) is 1. The van der Waals surface area contributed by atoms with Gasteiger partial charge in [0.1, 0.15) is 23.5 Å². The SMILES string of the molecule is Cc1cnc(C(=O)N[C@@H](C)[C@@H](Oc2ccc3c(cnn3-c3ccc(F)cc3)c2)c2ccc(C)c(F)c2)s1. The number of hydrogen-bond acceptors (Lipinski definition) is 5. The molecule has 9 heteroatoms. The van der Waals surface area contributed by atoms with Crippen LogP contribution in [0.25, 0.3) is 16.6 Å². The molecule has 6 nitrogen and oxygen atoms in total. The van der Waals surface area contributed by atoms with Crippen LogP contribution in [0.2, 0.25) is 0 Å². The van der Waals surface area contributed by atoms with Crippen molar-refractivity contribution in [2.45, 2.75) is 32.9 Å². The van der Waals surface area contributed by atoms with E-state index in [2.05, 4.69) is 15.4 Å². The molecule has 0 spiro atoms. The Labute approximate surface area is 216 Å². The van der Waals surface area contributed by atoms with Crippen LogP contribution < -0.4 is 10.1 Å². The van der Waals surface area contributed by atoms with E-state index in [1.54, 1.807) is 54.3 Å². The van der Waals surface area contributed by atoms with E-state index in [1.165, 1.54) is 29.5 Å². The lowest BCUT2D eigenvalue weighted by Gasteiger charge is -2.26. The van der Waals surface area contributed by atoms with Crippen LogP contribution >= 0.6 is 11.3 Å². The number of aryl methyl sites for hydroxylation is 2. The van der Waals surface area contributed by atoms with Gasteiger partial charge in [-0.25, -0.2) is 18.4 Å². The number of rotatable bonds is 7. The van der Waals surface area contributed by atoms with E-state index in [0.29, 0.717) is 21.9 Å². The Morgan fingerprint density at radius 2 is 1.81 bits per heavy atom. The van der Waals surface area contributed by atoms with E-state index in [9.17, 15) is 13.6 Å². The average Bonchev–Trinajstić information content (AvgIpc) is 3.51. The maximum Gasteiger partial charge on any atom is 0.280 e. The lowest BCUT2D eigenvalue weighted by atomic mass is 10.0. The normalized spacial score (nSPS) is 12.9. The van der Waals surface area contributed by atoms with Crippen LogP contribution in [0.1, 0.15) is 38.8 Å². The van der Waals surface area contributed by atoms with E-state index in [1.807, 2.05) is 26.0 Å². The molecular weight excluding hydrogens is 494 g/mol. The quantitative estimate of drug-likeness (QED) is 0.274. The second-order valence-corrected chi connectivity index (χ2v) is 10.1. The zero-order valence-corrected chi connectivity index (χ0v) is 21.2. The predicted octanol–water partition coefficient (Wildman–Crippen LogP) is 6.32. The standard InChI is InChI=1S/C28H24F2N4O2S/c1-16-4-5-19(13-24(16)30)26(18(3)33-27(35)28-31-14-17(2)37-28)36-23-10-11-25-20(12-23)15-32-34(25)22-8-6-21(29)7-9-22/h4-15,18,26H,1-3H3,(H,33,35)/t18-,26+/m0/s1. The number of aromatic nitrogens is 3. The molecule has 2 aromatic heterocycles. The summed E-state index contributed by atoms with van der Waals surface area (Å²) in [6.07, 6.45) is 2.67. The highest BCUT2D eigenvalue weighted by atomic mass is 32.1. The molecule has 0 saturated heterocycles. The summed E-state index contributed by atoms with van der Waals surface area (Å²) in [6, 6.07) is 16.0. The maximum atomic E-state index is 14.5. The Morgan fingerprint density at radius 3 is 2.51 bits per heavy atom. The first kappa shape index (κ1) is 24.6. The van der Waals surface area contributed by atoms with E-state index in [4.69, 9.17) is 4.74 Å². The number of carbonyl (C=O) groups is 1. The van der Waals surface area contributed by atoms with Crippen LogP contribution in [-0.4, -0.2) is 26.7 Å². The minimum atomic E-state index is -0.676. The van der Waals surface area contributed by atoms with Crippen molar-refractivity contribution in [3.05, 3.63) is 106 Å². The summed E-state index contributed by atoms with van der Waals surface area (Å²) in [5.74, 6) is -0.456. The van der Waals surface area contributed by atoms with Gasteiger partial charge in [-0.15, -0.1) is 11.3 Å². The molecule has 0 saturated carbocycles. The summed E-state index contributed by atoms with van der Waals surface area (Å²) in [5, 5.41) is 8.54. The third kappa shape index (κ3) is 5.22. The summed E-state index contributed by atoms with van der Waals surface area (Å²) < 4.78 is 35.9. The topological polar surface area (TPSA) is 69.0 Å². The second-order valence-electron chi connectivity index (χ2n) is 8.84. The first-order chi connectivity index (χ1) is 17.8. The Balaban J connectivity index is 1.44. The molecule has 5 rings (SSSR count). The van der Waals surface area contributed by atoms with Crippen molar-refractivity contribution in [3.63, 3.8) is 0 Å². The van der Waals surface area contributed by atoms with Gasteiger partial charge < -0.3 is 10.1 Å². The van der Waals surface area contributed by atoms with Gasteiger partial charge in [0, 0.05) is 16.5 Å². The van der Waals surface area contributed by atoms with Gasteiger partial charge in [-0.05, 0) is 80.4 Å². The van der Waals surface area contributed by atoms with Gasteiger partial charge >= 0.3 is 0 Å². The van der Waals surface area contributed by atoms with Crippen LogP contribution in [0.4, 0.5) is 8.78 Å². The highest BCUT2D eigenvalue weighted by Gasteiger charge is 2.25. The number of fused-ring (bicyclic) bond motifs is 1. The fourth-order valence-corrected chi connectivity index (χ4v) is 4.74. The van der Waals surface area contributed by atoms with Crippen LogP contribution in [0.15, 0.2) is 73.1 Å². The zero-order valence-electron chi connectivity index (χ0n) is 20.4. The Kier molecular flexibility index (Phi) is 6.71. The van der Waals surface area contributed by atoms with Crippen LogP contribution in [0.5, 0.6) is 5.75 Å². The molecule has 0 aliphatic carbocycles. The summed E-state index contributed by atoms with van der Waals surface area (Å²) in [5.41, 5.74) is 2.66. The van der Waals surface area contributed by atoms with Gasteiger partial charge in [0.05, 0.1) is 23.4 Å². The highest BCUT2D eigenvalue weighted by molar-refractivity contribution is 7.13. The van der Waals surface area contributed by atoms with E-state index in [0.717, 1.165) is 21.5 Å². The van der Waals surface area contributed by atoms with Crippen molar-refractivity contribution in [3.8, 4) is 11.4 Å². The fraction of sp³-hybridized carbons (Fsp3) is 0.179. The number of hydrogen-bond donors (Lipinski definition) is 1. The van der Waals surface area contributed by atoms with Crippen LogP contribution in [0.3, 0.4) is 0 Å². The van der Waals surface area contributed by atoms with E-state index in [-0.39, 0.29) is 17.5 Å². The second kappa shape index (κ2) is 10.1. The smallest absolute Gasteiger partial charge is 0.280 e. The molecule has 0 aliphatic heterocycles. The lowest BCUT2D eigenvalue weighted by Crippen LogP contribution is -2.39. The Hall–Kier alpha value is -4.11. The van der Waals surface area contributed by atoms with Crippen molar-refractivity contribution in [2.24, 2.45) is 0 Å². The summed E-state index contributed by atoms with van der Waals surface area (Å²) in [7, 11) is 0. The third-order valence-corrected chi connectivity index (χ3v) is 6.94. The van der Waals surface area contributed by atoms with Crippen molar-refractivity contribution in [2.75, 3.05) is 0 Å². The lowest BCUT2D eigenvalue weighted by molar-refractivity contribution is 0.0881. The maximum absolute atomic E-state index is 14.5. The fourth-order valence-electron chi connectivity index (χ4n) is 4.07. The molecule has 1 N–H and O–H groups in total. The first-order valence-corrected chi connectivity index (χ1v) is 12.5. The highest BCUT2D eigenvalue weighted by Crippen LogP contribution is 2.30. The van der Waals surface area contributed by atoms with Gasteiger partial charge in [0.25, 0.3) is 5.91 Å². The minimum absolute atomic E-state index is 0.317. The van der Waals surface area contributed by atoms with Gasteiger partial charge in [0.2, 0.25) is 0 Å². The first-order valence-electron chi connectivity index (χ1n) is 11.7. The van der Waals surface area contributed by atoms with Crippen LogP contribution in [0, 0.1) is 25.5 Å². The molecule has 3 aromatic carbocycles. The summed E-state index contributed by atoms with van der Waals surface area (Å²) in [4.78, 5) is 17.9. The molecule has 2 heterocycles. The Morgan fingerprint density at radius 1 is 1.03 bits per heavy atom. The van der Waals surface area contributed by atoms with Gasteiger partial charge in [-0.2, -0.15) is 5.10 Å². The summed E-state index contributed by atoms with van der Waals surface area (Å²) in [6.45, 7) is 5.39. The number of amides is 1. The number of thiazole rings is 1. The molecule has 2 atom stereocenters. The number of nitrogens with one attached hydrogen (secondary N) is 1. The van der Waals surface area contributed by atoms with Gasteiger partial charge in [0.15, 0.2) is 5.01 Å². The Bertz CT molecular complexity index is 1580. The number of nitrogens with zero attached hydrogens (tertiary/aromatic N) is 3. The molecule has 5 aromatic rings. The van der Waals surface area contributed by atoms with Crippen molar-refractivity contribution in [1.82, 2.24) is 20.1 Å². The molecule has 0 unspecified atom stereocenters. The van der Waals surface area contributed by atoms with Crippen molar-refractivity contribution in [1.29, 1.82) is 0 Å². The monoisotopic (exact) mass is 518 g/mol. The summed E-state index contributed by atoms with van der Waals surface area (Å²) >= 11 is 1.30. The van der Waals surface area contributed by atoms with Crippen LogP contribution in [-0.2, 0) is 0 Å². The van der Waals surface area contributed by atoms with Crippen molar-refractivity contribution >= 4 is 28.1 Å². The molecule has 37 heavy (non-hydrogen) atoms. The third-order valence-electron chi connectivity index (χ3n) is 6.03. The molecule has 0 bridgehead atoms. The van der Waals surface area contributed by atoms with E-state index >= 15 is 0 Å². The van der Waals surface area contributed by atoms with E-state index < -0.39 is 12.1 Å². The predicted molar refractivity (Wildman–Crippen MR) is 139 cm³/mol. The van der Waals surface area contributed by atoms with Gasteiger partial charge in [-0.1, -0.05) is 12.1 Å². The average molecular weight is 519 g/mol. The molecule has 0 radical (unpaired) electrons. The molecule has 1 amide bonds. The zero-order chi connectivity index (χ0) is 26.1. The molecular formula is C28H24F2N4O2S. The number of carbonyl (C=O) groups excluding carboxylic acids is 1. The minimum Gasteiger partial charge on any atom is -0.484 e. The largest absolute Gasteiger partial charge is 0.484 e. The number of benzene rings is 3. The molecule has 188 valence electrons. The van der Waals surface area contributed by atoms with Crippen molar-refractivity contribution < 1.29 is 18.3 Å². The molecule has 0 aliphatic rings. The number of halogens is 2. The molecule has 0 fully saturated rings.